The number of piperidine rings is 1. The highest BCUT2D eigenvalue weighted by Gasteiger charge is 2.22. The lowest BCUT2D eigenvalue weighted by Crippen LogP contribution is -2.50. The van der Waals surface area contributed by atoms with Gasteiger partial charge in [-0.15, -0.1) is 24.0 Å². The zero-order chi connectivity index (χ0) is 18.2. The lowest BCUT2D eigenvalue weighted by Gasteiger charge is -2.35. The Morgan fingerprint density at radius 1 is 1.19 bits per heavy atom. The minimum absolute atomic E-state index is 0. The van der Waals surface area contributed by atoms with Gasteiger partial charge in [-0.25, -0.2) is 0 Å². The third kappa shape index (κ3) is 7.04. The Morgan fingerprint density at radius 3 is 2.31 bits per heavy atom. The van der Waals surface area contributed by atoms with Crippen LogP contribution in [0.2, 0.25) is 0 Å². The molecular formula is C20H36IN5. The third-order valence-corrected chi connectivity index (χ3v) is 5.09. The van der Waals surface area contributed by atoms with Crippen LogP contribution in [0.5, 0.6) is 0 Å². The zero-order valence-corrected chi connectivity index (χ0v) is 19.2. The summed E-state index contributed by atoms with van der Waals surface area (Å²) >= 11 is 0. The van der Waals surface area contributed by atoms with Gasteiger partial charge in [0.25, 0.3) is 0 Å². The molecule has 6 heteroatoms. The number of rotatable bonds is 6. The summed E-state index contributed by atoms with van der Waals surface area (Å²) in [4.78, 5) is 9.22. The topological polar surface area (TPSA) is 42.9 Å². The summed E-state index contributed by atoms with van der Waals surface area (Å²) in [6.07, 6.45) is 2.35. The van der Waals surface area contributed by atoms with Crippen molar-refractivity contribution in [2.24, 2.45) is 4.99 Å². The molecule has 26 heavy (non-hydrogen) atoms. The molecule has 148 valence electrons. The van der Waals surface area contributed by atoms with E-state index in [9.17, 15) is 0 Å². The number of nitrogens with zero attached hydrogens (tertiary/aromatic N) is 3. The summed E-state index contributed by atoms with van der Waals surface area (Å²) in [6, 6.07) is 12.1. The summed E-state index contributed by atoms with van der Waals surface area (Å²) in [6.45, 7) is 7.72. The molecule has 0 amide bonds. The molecule has 1 atom stereocenters. The first-order valence-corrected chi connectivity index (χ1v) is 9.44. The van der Waals surface area contributed by atoms with Crippen LogP contribution in [0.3, 0.4) is 0 Å². The Bertz CT molecular complexity index is 524. The summed E-state index contributed by atoms with van der Waals surface area (Å²) in [7, 11) is 6.10. The van der Waals surface area contributed by atoms with Crippen LogP contribution in [0, 0.1) is 0 Å². The molecule has 1 aromatic carbocycles. The molecule has 1 fully saturated rings. The van der Waals surface area contributed by atoms with Gasteiger partial charge >= 0.3 is 0 Å². The fourth-order valence-electron chi connectivity index (χ4n) is 3.42. The van der Waals surface area contributed by atoms with Gasteiger partial charge in [0.2, 0.25) is 0 Å². The van der Waals surface area contributed by atoms with Gasteiger partial charge < -0.3 is 20.4 Å². The van der Waals surface area contributed by atoms with Crippen molar-refractivity contribution in [1.29, 1.82) is 0 Å². The van der Waals surface area contributed by atoms with Gasteiger partial charge in [0.05, 0.1) is 6.04 Å². The van der Waals surface area contributed by atoms with E-state index in [1.807, 2.05) is 7.05 Å². The van der Waals surface area contributed by atoms with Crippen molar-refractivity contribution >= 4 is 29.9 Å². The van der Waals surface area contributed by atoms with Crippen molar-refractivity contribution in [1.82, 2.24) is 20.4 Å². The van der Waals surface area contributed by atoms with E-state index in [2.05, 4.69) is 83.7 Å². The van der Waals surface area contributed by atoms with Gasteiger partial charge in [-0.1, -0.05) is 30.3 Å². The molecule has 0 radical (unpaired) electrons. The van der Waals surface area contributed by atoms with E-state index in [-0.39, 0.29) is 24.0 Å². The highest BCUT2D eigenvalue weighted by Crippen LogP contribution is 2.17. The smallest absolute Gasteiger partial charge is 0.191 e. The maximum atomic E-state index is 4.42. The first-order chi connectivity index (χ1) is 12.0. The number of hydrogen-bond donors (Lipinski definition) is 2. The SMILES string of the molecule is CN=C(NCC(c1ccccc1)N(C)C)NC1CCN(C(C)C)CC1.I. The van der Waals surface area contributed by atoms with Gasteiger partial charge in [-0.3, -0.25) is 4.99 Å². The Balaban J connectivity index is 0.00000338. The Morgan fingerprint density at radius 2 is 1.81 bits per heavy atom. The quantitative estimate of drug-likeness (QED) is 0.379. The minimum atomic E-state index is 0. The average molecular weight is 473 g/mol. The van der Waals surface area contributed by atoms with Crippen molar-refractivity contribution in [3.63, 3.8) is 0 Å². The van der Waals surface area contributed by atoms with Crippen molar-refractivity contribution in [2.45, 2.75) is 44.8 Å². The van der Waals surface area contributed by atoms with Crippen molar-refractivity contribution in [3.8, 4) is 0 Å². The maximum Gasteiger partial charge on any atom is 0.191 e. The molecule has 1 heterocycles. The maximum absolute atomic E-state index is 4.42. The summed E-state index contributed by atoms with van der Waals surface area (Å²) in [5, 5.41) is 7.12. The van der Waals surface area contributed by atoms with E-state index < -0.39 is 0 Å². The second-order valence-corrected chi connectivity index (χ2v) is 7.39. The van der Waals surface area contributed by atoms with Gasteiger partial charge in [0, 0.05) is 38.8 Å². The number of aliphatic imine (C=N–C) groups is 1. The first kappa shape index (κ1) is 23.2. The van der Waals surface area contributed by atoms with Crippen LogP contribution in [0.4, 0.5) is 0 Å². The summed E-state index contributed by atoms with van der Waals surface area (Å²) < 4.78 is 0. The number of likely N-dealkylation sites (N-methyl/N-ethyl adjacent to an activating group) is 1. The van der Waals surface area contributed by atoms with Crippen LogP contribution < -0.4 is 10.6 Å². The molecule has 2 rings (SSSR count). The minimum Gasteiger partial charge on any atom is -0.354 e. The molecule has 2 N–H and O–H groups in total. The molecular weight excluding hydrogens is 437 g/mol. The predicted molar refractivity (Wildman–Crippen MR) is 123 cm³/mol. The van der Waals surface area contributed by atoms with Crippen LogP contribution in [-0.2, 0) is 0 Å². The number of benzene rings is 1. The highest BCUT2D eigenvalue weighted by molar-refractivity contribution is 14.0. The van der Waals surface area contributed by atoms with Crippen molar-refractivity contribution < 1.29 is 0 Å². The summed E-state index contributed by atoms with van der Waals surface area (Å²) in [5.41, 5.74) is 1.32. The number of hydrogen-bond acceptors (Lipinski definition) is 3. The summed E-state index contributed by atoms with van der Waals surface area (Å²) in [5.74, 6) is 0.908. The molecule has 0 aliphatic carbocycles. The lowest BCUT2D eigenvalue weighted by atomic mass is 10.0. The molecule has 5 nitrogen and oxygen atoms in total. The molecule has 0 saturated carbocycles. The second kappa shape index (κ2) is 11.8. The van der Waals surface area contributed by atoms with Gasteiger partial charge in [-0.2, -0.15) is 0 Å². The van der Waals surface area contributed by atoms with Crippen molar-refractivity contribution in [2.75, 3.05) is 40.8 Å². The molecule has 1 saturated heterocycles. The molecule has 1 aliphatic heterocycles. The lowest BCUT2D eigenvalue weighted by molar-refractivity contribution is 0.167. The van der Waals surface area contributed by atoms with Gasteiger partial charge in [-0.05, 0) is 46.3 Å². The van der Waals surface area contributed by atoms with E-state index in [1.54, 1.807) is 0 Å². The number of halogens is 1. The van der Waals surface area contributed by atoms with Crippen molar-refractivity contribution in [3.05, 3.63) is 35.9 Å². The molecule has 0 spiro atoms. The van der Waals surface area contributed by atoms with Crippen LogP contribution in [0.25, 0.3) is 0 Å². The van der Waals surface area contributed by atoms with E-state index in [4.69, 9.17) is 0 Å². The van der Waals surface area contributed by atoms with Crippen LogP contribution >= 0.6 is 24.0 Å². The fraction of sp³-hybridized carbons (Fsp3) is 0.650. The molecule has 1 unspecified atom stereocenters. The largest absolute Gasteiger partial charge is 0.354 e. The Kier molecular flexibility index (Phi) is 10.5. The Labute approximate surface area is 176 Å². The fourth-order valence-corrected chi connectivity index (χ4v) is 3.42. The Hall–Kier alpha value is -0.860. The highest BCUT2D eigenvalue weighted by atomic mass is 127. The van der Waals surface area contributed by atoms with Crippen LogP contribution in [0.1, 0.15) is 38.3 Å². The number of guanidine groups is 1. The normalized spacial score (nSPS) is 17.9. The second-order valence-electron chi connectivity index (χ2n) is 7.39. The van der Waals surface area contributed by atoms with E-state index in [0.29, 0.717) is 18.1 Å². The molecule has 1 aromatic rings. The monoisotopic (exact) mass is 473 g/mol. The molecule has 0 bridgehead atoms. The average Bonchev–Trinajstić information content (AvgIpc) is 2.62. The number of nitrogens with one attached hydrogen (secondary N) is 2. The zero-order valence-electron chi connectivity index (χ0n) is 16.9. The van der Waals surface area contributed by atoms with Gasteiger partial charge in [0.1, 0.15) is 0 Å². The van der Waals surface area contributed by atoms with E-state index in [1.165, 1.54) is 18.4 Å². The molecule has 1 aliphatic rings. The predicted octanol–water partition coefficient (Wildman–Crippen LogP) is 2.95. The van der Waals surface area contributed by atoms with Gasteiger partial charge in [0.15, 0.2) is 5.96 Å². The van der Waals surface area contributed by atoms with Crippen LogP contribution in [-0.4, -0.2) is 68.6 Å². The standard InChI is InChI=1S/C20H35N5.HI/c1-16(2)25-13-11-18(12-14-25)23-20(21-3)22-15-19(24(4)5)17-9-7-6-8-10-17;/h6-10,16,18-19H,11-15H2,1-5H3,(H2,21,22,23);1H. The molecule has 0 aromatic heterocycles. The van der Waals surface area contributed by atoms with E-state index in [0.717, 1.165) is 25.6 Å². The number of likely N-dealkylation sites (tertiary alicyclic amines) is 1. The first-order valence-electron chi connectivity index (χ1n) is 9.44. The third-order valence-electron chi connectivity index (χ3n) is 5.09. The van der Waals surface area contributed by atoms with Crippen LogP contribution in [0.15, 0.2) is 35.3 Å². The van der Waals surface area contributed by atoms with E-state index >= 15 is 0 Å².